The summed E-state index contributed by atoms with van der Waals surface area (Å²) in [5.74, 6) is -1.44. The summed E-state index contributed by atoms with van der Waals surface area (Å²) in [6, 6.07) is 23.1. The molecule has 0 aliphatic carbocycles. The molecular weight excluding hydrogens is 710 g/mol. The summed E-state index contributed by atoms with van der Waals surface area (Å²) in [6.45, 7) is 3.46. The fraction of sp³-hybridized carbons (Fsp3) is 0.143. The van der Waals surface area contributed by atoms with Crippen molar-refractivity contribution in [3.8, 4) is 0 Å². The van der Waals surface area contributed by atoms with Crippen molar-refractivity contribution < 1.29 is 19.2 Å². The number of hydrazone groups is 2. The van der Waals surface area contributed by atoms with Crippen LogP contribution in [0.3, 0.4) is 0 Å². The first-order valence-electron chi connectivity index (χ1n) is 14.8. The molecule has 49 heavy (non-hydrogen) atoms. The van der Waals surface area contributed by atoms with E-state index in [9.17, 15) is 19.2 Å². The van der Waals surface area contributed by atoms with Crippen LogP contribution in [0.5, 0.6) is 0 Å². The first-order chi connectivity index (χ1) is 23.4. The van der Waals surface area contributed by atoms with Crippen molar-refractivity contribution in [3.05, 3.63) is 127 Å². The Labute approximate surface area is 302 Å². The topological polar surface area (TPSA) is 141 Å². The van der Waals surface area contributed by atoms with Gasteiger partial charge >= 0.3 is 0 Å². The van der Waals surface area contributed by atoms with Crippen LogP contribution in [-0.4, -0.2) is 35.1 Å². The van der Waals surface area contributed by atoms with Crippen molar-refractivity contribution in [2.45, 2.75) is 33.1 Å². The van der Waals surface area contributed by atoms with Gasteiger partial charge in [-0.3, -0.25) is 19.2 Å². The second-order valence-corrected chi connectivity index (χ2v) is 12.3. The predicted octanol–water partition coefficient (Wildman–Crippen LogP) is 8.36. The molecule has 0 fully saturated rings. The summed E-state index contributed by atoms with van der Waals surface area (Å²) in [7, 11) is 0. The summed E-state index contributed by atoms with van der Waals surface area (Å²) in [5, 5.41) is 15.2. The summed E-state index contributed by atoms with van der Waals surface area (Å²) < 4.78 is 0. The Morgan fingerprint density at radius 3 is 1.27 bits per heavy atom. The Kier molecular flexibility index (Phi) is 13.3. The number of anilines is 2. The lowest BCUT2D eigenvalue weighted by Gasteiger charge is -2.08. The van der Waals surface area contributed by atoms with Crippen molar-refractivity contribution in [2.75, 3.05) is 10.6 Å². The van der Waals surface area contributed by atoms with Crippen LogP contribution in [0.2, 0.25) is 20.1 Å². The van der Waals surface area contributed by atoms with Crippen LogP contribution < -0.4 is 21.5 Å². The minimum absolute atomic E-state index is 0.0829. The summed E-state index contributed by atoms with van der Waals surface area (Å²) in [5.41, 5.74) is 9.25. The molecule has 0 atom stereocenters. The van der Waals surface area contributed by atoms with Gasteiger partial charge in [-0.15, -0.1) is 0 Å². The monoisotopic (exact) mass is 738 g/mol. The third kappa shape index (κ3) is 11.2. The van der Waals surface area contributed by atoms with E-state index in [-0.39, 0.29) is 46.5 Å². The number of nitrogens with zero attached hydrogens (tertiary/aromatic N) is 2. The molecule has 0 aromatic heterocycles. The van der Waals surface area contributed by atoms with Crippen molar-refractivity contribution in [3.63, 3.8) is 0 Å². The molecule has 14 heteroatoms. The Hall–Kier alpha value is -4.74. The molecule has 0 radical (unpaired) electrons. The molecular formula is C35H30Cl4N6O4. The van der Waals surface area contributed by atoms with Crippen LogP contribution in [0.15, 0.2) is 95.1 Å². The van der Waals surface area contributed by atoms with Gasteiger partial charge in [0.15, 0.2) is 0 Å². The van der Waals surface area contributed by atoms with Crippen LogP contribution >= 0.6 is 46.4 Å². The molecule has 4 aromatic rings. The zero-order chi connectivity index (χ0) is 35.5. The third-order valence-corrected chi connectivity index (χ3v) is 8.07. The van der Waals surface area contributed by atoms with Gasteiger partial charge in [0, 0.05) is 34.3 Å². The number of rotatable bonds is 12. The number of carbonyl (C=O) groups excluding carboxylic acids is 4. The quantitative estimate of drug-likeness (QED) is 0.0856. The summed E-state index contributed by atoms with van der Waals surface area (Å²) in [6.07, 6.45) is 0.456. The highest BCUT2D eigenvalue weighted by atomic mass is 35.5. The molecule has 10 nitrogen and oxygen atoms in total. The maximum Gasteiger partial charge on any atom is 0.257 e. The van der Waals surface area contributed by atoms with Crippen molar-refractivity contribution in [1.29, 1.82) is 0 Å². The van der Waals surface area contributed by atoms with Crippen LogP contribution in [-0.2, 0) is 9.59 Å². The molecule has 0 saturated carbocycles. The van der Waals surface area contributed by atoms with Crippen LogP contribution in [0.25, 0.3) is 0 Å². The molecule has 0 unspecified atom stereocenters. The van der Waals surface area contributed by atoms with Gasteiger partial charge in [-0.1, -0.05) is 70.7 Å². The van der Waals surface area contributed by atoms with Crippen LogP contribution in [0.1, 0.15) is 65.0 Å². The van der Waals surface area contributed by atoms with Gasteiger partial charge in [-0.25, -0.2) is 10.9 Å². The molecule has 0 saturated heterocycles. The predicted molar refractivity (Wildman–Crippen MR) is 196 cm³/mol. The van der Waals surface area contributed by atoms with Crippen LogP contribution in [0, 0.1) is 0 Å². The number of hydrogen-bond donors (Lipinski definition) is 4. The van der Waals surface area contributed by atoms with E-state index < -0.39 is 0 Å². The molecule has 0 heterocycles. The second-order valence-electron chi connectivity index (χ2n) is 10.6. The number of halogens is 4. The zero-order valence-electron chi connectivity index (χ0n) is 26.2. The normalized spacial score (nSPS) is 11.5. The SMILES string of the molecule is CC(=NNC(=O)CCCC(=O)NN=C(C)c1ccc(NC(=O)c2ccc(Cl)cc2Cl)cc1)c1ccc(NC(=O)c2ccc(Cl)cc2Cl)cc1. The lowest BCUT2D eigenvalue weighted by atomic mass is 10.1. The van der Waals surface area contributed by atoms with Crippen LogP contribution in [0.4, 0.5) is 11.4 Å². The van der Waals surface area contributed by atoms with Gasteiger partial charge in [0.1, 0.15) is 0 Å². The van der Waals surface area contributed by atoms with E-state index in [1.54, 1.807) is 86.6 Å². The second kappa shape index (κ2) is 17.6. The maximum absolute atomic E-state index is 12.5. The Balaban J connectivity index is 1.17. The zero-order valence-corrected chi connectivity index (χ0v) is 29.3. The van der Waals surface area contributed by atoms with Crippen molar-refractivity contribution in [2.24, 2.45) is 10.2 Å². The third-order valence-electron chi connectivity index (χ3n) is 6.98. The molecule has 4 rings (SSSR count). The van der Waals surface area contributed by atoms with Gasteiger partial charge in [-0.05, 0) is 92.1 Å². The summed E-state index contributed by atoms with van der Waals surface area (Å²) >= 11 is 24.0. The molecule has 4 amide bonds. The molecule has 0 spiro atoms. The minimum atomic E-state index is -0.376. The van der Waals surface area contributed by atoms with E-state index >= 15 is 0 Å². The van der Waals surface area contributed by atoms with E-state index in [2.05, 4.69) is 31.7 Å². The lowest BCUT2D eigenvalue weighted by molar-refractivity contribution is -0.122. The van der Waals surface area contributed by atoms with Gasteiger partial charge < -0.3 is 10.6 Å². The number of hydrogen-bond acceptors (Lipinski definition) is 6. The van der Waals surface area contributed by atoms with Gasteiger partial charge in [0.25, 0.3) is 11.8 Å². The average Bonchev–Trinajstić information content (AvgIpc) is 3.06. The first-order valence-corrected chi connectivity index (χ1v) is 16.3. The van der Waals surface area contributed by atoms with E-state index in [1.165, 1.54) is 12.1 Å². The molecule has 0 aliphatic rings. The highest BCUT2D eigenvalue weighted by molar-refractivity contribution is 6.38. The highest BCUT2D eigenvalue weighted by Gasteiger charge is 2.13. The standard InChI is InChI=1S/C35H30Cl4N6O4/c1-20(22-6-12-26(13-7-22)40-34(48)28-16-10-24(36)18-30(28)38)42-44-32(46)4-3-5-33(47)45-43-21(2)23-8-14-27(15-9-23)41-35(49)29-17-11-25(37)19-31(29)39/h6-19H,3-5H2,1-2H3,(H,40,48)(H,41,49)(H,44,46)(H,45,47). The van der Waals surface area contributed by atoms with E-state index in [0.717, 1.165) is 11.1 Å². The van der Waals surface area contributed by atoms with E-state index in [4.69, 9.17) is 46.4 Å². The number of benzene rings is 4. The molecule has 0 bridgehead atoms. The van der Waals surface area contributed by atoms with Crippen molar-refractivity contribution in [1.82, 2.24) is 10.9 Å². The lowest BCUT2D eigenvalue weighted by Crippen LogP contribution is -2.22. The molecule has 252 valence electrons. The minimum Gasteiger partial charge on any atom is -0.322 e. The molecule has 4 aromatic carbocycles. The van der Waals surface area contributed by atoms with Gasteiger partial charge in [0.05, 0.1) is 32.6 Å². The smallest absolute Gasteiger partial charge is 0.257 e. The first kappa shape index (κ1) is 37.1. The fourth-order valence-corrected chi connectivity index (χ4v) is 5.27. The highest BCUT2D eigenvalue weighted by Crippen LogP contribution is 2.23. The Bertz CT molecular complexity index is 1790. The van der Waals surface area contributed by atoms with Gasteiger partial charge in [-0.2, -0.15) is 10.2 Å². The van der Waals surface area contributed by atoms with E-state index in [1.807, 2.05) is 0 Å². The van der Waals surface area contributed by atoms with E-state index in [0.29, 0.717) is 50.4 Å². The largest absolute Gasteiger partial charge is 0.322 e. The Morgan fingerprint density at radius 1 is 0.551 bits per heavy atom. The number of carbonyl (C=O) groups is 4. The average molecular weight is 740 g/mol. The fourth-order valence-electron chi connectivity index (χ4n) is 4.28. The van der Waals surface area contributed by atoms with Gasteiger partial charge in [0.2, 0.25) is 11.8 Å². The molecule has 0 aliphatic heterocycles. The van der Waals surface area contributed by atoms with Crippen molar-refractivity contribution >= 4 is 92.8 Å². The maximum atomic E-state index is 12.5. The Morgan fingerprint density at radius 2 is 0.918 bits per heavy atom. The molecule has 4 N–H and O–H groups in total. The summed E-state index contributed by atoms with van der Waals surface area (Å²) in [4.78, 5) is 49.6. The number of nitrogens with one attached hydrogen (secondary N) is 4. The number of amides is 4.